The first-order valence-electron chi connectivity index (χ1n) is 8.35. The number of nitriles is 1. The van der Waals surface area contributed by atoms with E-state index >= 15 is 0 Å². The molecule has 128 valence electrons. The molecule has 6 heteroatoms. The summed E-state index contributed by atoms with van der Waals surface area (Å²) in [6, 6.07) is 5.91. The SMILES string of the molecule is N#Cc1cc(F)cc([C@@H]2CCON2C(=O)[C@H]2CC[C@H](CI)CC2)c1. The van der Waals surface area contributed by atoms with Crippen LogP contribution in [0, 0.1) is 29.0 Å². The Labute approximate surface area is 155 Å². The maximum Gasteiger partial charge on any atom is 0.249 e. The summed E-state index contributed by atoms with van der Waals surface area (Å²) in [5, 5.41) is 10.5. The van der Waals surface area contributed by atoms with E-state index in [4.69, 9.17) is 10.1 Å². The Balaban J connectivity index is 1.75. The van der Waals surface area contributed by atoms with Gasteiger partial charge < -0.3 is 0 Å². The lowest BCUT2D eigenvalue weighted by atomic mass is 9.82. The summed E-state index contributed by atoms with van der Waals surface area (Å²) >= 11 is 2.41. The second kappa shape index (κ2) is 7.79. The third-order valence-corrected chi connectivity index (χ3v) is 6.22. The van der Waals surface area contributed by atoms with Gasteiger partial charge in [-0.2, -0.15) is 5.26 Å². The molecule has 2 aliphatic rings. The number of amides is 1. The molecule has 1 heterocycles. The van der Waals surface area contributed by atoms with Crippen LogP contribution in [0.5, 0.6) is 0 Å². The summed E-state index contributed by atoms with van der Waals surface area (Å²) in [6.07, 6.45) is 4.58. The summed E-state index contributed by atoms with van der Waals surface area (Å²) in [7, 11) is 0. The molecule has 0 N–H and O–H groups in total. The molecular weight excluding hydrogens is 422 g/mol. The summed E-state index contributed by atoms with van der Waals surface area (Å²) in [6.45, 7) is 0.442. The minimum absolute atomic E-state index is 0.00574. The molecule has 2 fully saturated rings. The number of halogens is 2. The van der Waals surface area contributed by atoms with Crippen molar-refractivity contribution in [3.63, 3.8) is 0 Å². The quantitative estimate of drug-likeness (QED) is 0.522. The van der Waals surface area contributed by atoms with Gasteiger partial charge in [0.05, 0.1) is 24.3 Å². The number of alkyl halides is 1. The fourth-order valence-corrected chi connectivity index (χ4v) is 4.48. The number of carbonyl (C=O) groups excluding carboxylic acids is 1. The Hall–Kier alpha value is -1.20. The van der Waals surface area contributed by atoms with Crippen LogP contribution < -0.4 is 0 Å². The van der Waals surface area contributed by atoms with Crippen molar-refractivity contribution in [3.8, 4) is 6.07 Å². The molecule has 1 saturated heterocycles. The van der Waals surface area contributed by atoms with Crippen molar-refractivity contribution >= 4 is 28.5 Å². The van der Waals surface area contributed by atoms with Crippen LogP contribution in [0.25, 0.3) is 0 Å². The highest BCUT2D eigenvalue weighted by molar-refractivity contribution is 14.1. The van der Waals surface area contributed by atoms with Gasteiger partial charge in [-0.05, 0) is 55.4 Å². The lowest BCUT2D eigenvalue weighted by Gasteiger charge is -2.31. The highest BCUT2D eigenvalue weighted by Gasteiger charge is 2.37. The van der Waals surface area contributed by atoms with Crippen molar-refractivity contribution in [2.45, 2.75) is 38.1 Å². The van der Waals surface area contributed by atoms with E-state index < -0.39 is 5.82 Å². The summed E-state index contributed by atoms with van der Waals surface area (Å²) in [4.78, 5) is 18.4. The van der Waals surface area contributed by atoms with E-state index in [2.05, 4.69) is 22.6 Å². The molecule has 0 aromatic heterocycles. The zero-order chi connectivity index (χ0) is 17.1. The average molecular weight is 442 g/mol. The first-order chi connectivity index (χ1) is 11.6. The van der Waals surface area contributed by atoms with Gasteiger partial charge in [0.25, 0.3) is 0 Å². The Morgan fingerprint density at radius 3 is 2.71 bits per heavy atom. The summed E-state index contributed by atoms with van der Waals surface area (Å²) in [5.74, 6) is 0.262. The first kappa shape index (κ1) is 17.6. The zero-order valence-corrected chi connectivity index (χ0v) is 15.5. The molecule has 1 aliphatic carbocycles. The van der Waals surface area contributed by atoms with E-state index in [9.17, 15) is 9.18 Å². The Bertz CT molecular complexity index is 653. The second-order valence-corrected chi connectivity index (χ2v) is 7.44. The minimum atomic E-state index is -0.453. The number of nitrogens with zero attached hydrogens (tertiary/aromatic N) is 2. The molecule has 1 aliphatic heterocycles. The average Bonchev–Trinajstić information content (AvgIpc) is 3.10. The van der Waals surface area contributed by atoms with Crippen LogP contribution in [0.1, 0.15) is 49.3 Å². The molecule has 0 unspecified atom stereocenters. The fourth-order valence-electron chi connectivity index (χ4n) is 3.60. The standard InChI is InChI=1S/C18H20FIN2O2/c19-16-8-13(11-21)7-15(9-16)17-5-6-24-22(17)18(23)14-3-1-12(10-20)2-4-14/h7-9,12,14,17H,1-6,10H2/t12-,14-,17-/m0/s1. The van der Waals surface area contributed by atoms with Crippen LogP contribution in [0.3, 0.4) is 0 Å². The molecule has 3 rings (SSSR count). The number of carbonyl (C=O) groups is 1. The molecule has 0 bridgehead atoms. The van der Waals surface area contributed by atoms with Gasteiger partial charge in [0, 0.05) is 16.8 Å². The third-order valence-electron chi connectivity index (χ3n) is 4.97. The molecule has 4 nitrogen and oxygen atoms in total. The largest absolute Gasteiger partial charge is 0.272 e. The van der Waals surface area contributed by atoms with Crippen LogP contribution in [-0.4, -0.2) is 22.0 Å². The Morgan fingerprint density at radius 1 is 1.29 bits per heavy atom. The molecule has 1 amide bonds. The van der Waals surface area contributed by atoms with Crippen LogP contribution in [0.2, 0.25) is 0 Å². The van der Waals surface area contributed by atoms with E-state index in [0.717, 1.165) is 30.1 Å². The van der Waals surface area contributed by atoms with Gasteiger partial charge in [-0.15, -0.1) is 0 Å². The fraction of sp³-hybridized carbons (Fsp3) is 0.556. The van der Waals surface area contributed by atoms with Crippen LogP contribution >= 0.6 is 22.6 Å². The van der Waals surface area contributed by atoms with Gasteiger partial charge in [-0.25, -0.2) is 9.45 Å². The number of rotatable bonds is 3. The predicted molar refractivity (Wildman–Crippen MR) is 95.6 cm³/mol. The second-order valence-electron chi connectivity index (χ2n) is 6.56. The highest BCUT2D eigenvalue weighted by Crippen LogP contribution is 2.36. The van der Waals surface area contributed by atoms with Crippen molar-refractivity contribution in [3.05, 3.63) is 35.1 Å². The molecule has 1 aromatic rings. The molecule has 0 radical (unpaired) electrons. The van der Waals surface area contributed by atoms with Gasteiger partial charge in [-0.3, -0.25) is 9.63 Å². The monoisotopic (exact) mass is 442 g/mol. The molecule has 24 heavy (non-hydrogen) atoms. The van der Waals surface area contributed by atoms with Crippen molar-refractivity contribution in [1.82, 2.24) is 5.06 Å². The minimum Gasteiger partial charge on any atom is -0.272 e. The Morgan fingerprint density at radius 2 is 2.04 bits per heavy atom. The lowest BCUT2D eigenvalue weighted by molar-refractivity contribution is -0.183. The van der Waals surface area contributed by atoms with Crippen LogP contribution in [0.4, 0.5) is 4.39 Å². The number of hydrogen-bond acceptors (Lipinski definition) is 3. The maximum absolute atomic E-state index is 13.7. The topological polar surface area (TPSA) is 53.3 Å². The molecule has 1 aromatic carbocycles. The molecular formula is C18H20FIN2O2. The first-order valence-corrected chi connectivity index (χ1v) is 9.87. The zero-order valence-electron chi connectivity index (χ0n) is 13.4. The predicted octanol–water partition coefficient (Wildman–Crippen LogP) is 4.14. The van der Waals surface area contributed by atoms with Crippen molar-refractivity contribution < 1.29 is 14.0 Å². The van der Waals surface area contributed by atoms with E-state index in [0.29, 0.717) is 24.5 Å². The van der Waals surface area contributed by atoms with Crippen molar-refractivity contribution in [1.29, 1.82) is 5.26 Å². The molecule has 0 spiro atoms. The maximum atomic E-state index is 13.7. The van der Waals surface area contributed by atoms with Crippen LogP contribution in [-0.2, 0) is 9.63 Å². The smallest absolute Gasteiger partial charge is 0.249 e. The van der Waals surface area contributed by atoms with Gasteiger partial charge in [0.15, 0.2) is 0 Å². The van der Waals surface area contributed by atoms with Gasteiger partial charge in [0.1, 0.15) is 5.82 Å². The number of hydrogen-bond donors (Lipinski definition) is 0. The van der Waals surface area contributed by atoms with Gasteiger partial charge >= 0.3 is 0 Å². The third kappa shape index (κ3) is 3.72. The molecule has 1 atom stereocenters. The van der Waals surface area contributed by atoms with Gasteiger partial charge in [-0.1, -0.05) is 22.6 Å². The van der Waals surface area contributed by atoms with E-state index in [1.807, 2.05) is 6.07 Å². The van der Waals surface area contributed by atoms with Crippen LogP contribution in [0.15, 0.2) is 18.2 Å². The van der Waals surface area contributed by atoms with Crippen molar-refractivity contribution in [2.24, 2.45) is 11.8 Å². The normalized spacial score (nSPS) is 27.0. The summed E-state index contributed by atoms with van der Waals surface area (Å²) < 4.78 is 14.9. The Kier molecular flexibility index (Phi) is 5.72. The van der Waals surface area contributed by atoms with E-state index in [1.165, 1.54) is 17.2 Å². The highest BCUT2D eigenvalue weighted by atomic mass is 127. The lowest BCUT2D eigenvalue weighted by Crippen LogP contribution is -2.36. The van der Waals surface area contributed by atoms with Gasteiger partial charge in [0.2, 0.25) is 5.91 Å². The number of benzene rings is 1. The molecule has 1 saturated carbocycles. The van der Waals surface area contributed by atoms with E-state index in [-0.39, 0.29) is 23.4 Å². The number of hydroxylamine groups is 2. The summed E-state index contributed by atoms with van der Waals surface area (Å²) in [5.41, 5.74) is 0.908. The van der Waals surface area contributed by atoms with Crippen molar-refractivity contribution in [2.75, 3.05) is 11.0 Å². The van der Waals surface area contributed by atoms with E-state index in [1.54, 1.807) is 6.07 Å².